The van der Waals surface area contributed by atoms with Crippen LogP contribution in [0.3, 0.4) is 0 Å². The maximum absolute atomic E-state index is 5.86. The van der Waals surface area contributed by atoms with Gasteiger partial charge in [-0.1, -0.05) is 37.6 Å². The second-order valence-electron chi connectivity index (χ2n) is 3.79. The molecule has 0 aliphatic heterocycles. The molecule has 0 aliphatic rings. The van der Waals surface area contributed by atoms with E-state index in [4.69, 9.17) is 29.6 Å². The molecule has 0 spiro atoms. The molecule has 1 aromatic carbocycles. The molecule has 1 rings (SSSR count). The Morgan fingerprint density at radius 2 is 2.06 bits per heavy atom. The summed E-state index contributed by atoms with van der Waals surface area (Å²) in [5, 5.41) is 5.13. The van der Waals surface area contributed by atoms with Crippen molar-refractivity contribution >= 4 is 34.6 Å². The zero-order valence-electron chi connectivity index (χ0n) is 9.90. The van der Waals surface area contributed by atoms with Gasteiger partial charge in [0.15, 0.2) is 5.11 Å². The van der Waals surface area contributed by atoms with Gasteiger partial charge >= 0.3 is 0 Å². The average Bonchev–Trinajstić information content (AvgIpc) is 2.30. The van der Waals surface area contributed by atoms with Crippen LogP contribution in [-0.2, 0) is 0 Å². The quantitative estimate of drug-likeness (QED) is 0.502. The maximum Gasteiger partial charge on any atom is 0.184 e. The number of hydrogen-bond donors (Lipinski definition) is 2. The molecule has 0 amide bonds. The van der Waals surface area contributed by atoms with Gasteiger partial charge in [-0.15, -0.1) is 0 Å². The number of benzene rings is 1. The first kappa shape index (κ1) is 13.9. The van der Waals surface area contributed by atoms with Crippen LogP contribution in [0.1, 0.15) is 25.8 Å². The molecular formula is C12H16ClN3S. The highest BCUT2D eigenvalue weighted by atomic mass is 35.5. The Hall–Kier alpha value is -1.13. The van der Waals surface area contributed by atoms with Gasteiger partial charge in [0.25, 0.3) is 0 Å². The van der Waals surface area contributed by atoms with Crippen molar-refractivity contribution in [2.45, 2.75) is 20.3 Å². The van der Waals surface area contributed by atoms with Gasteiger partial charge in [-0.2, -0.15) is 5.10 Å². The van der Waals surface area contributed by atoms with E-state index < -0.39 is 0 Å². The van der Waals surface area contributed by atoms with E-state index >= 15 is 0 Å². The molecule has 3 N–H and O–H groups in total. The molecule has 0 radical (unpaired) electrons. The molecule has 17 heavy (non-hydrogen) atoms. The lowest BCUT2D eigenvalue weighted by Gasteiger charge is -2.13. The van der Waals surface area contributed by atoms with Crippen LogP contribution in [0.5, 0.6) is 0 Å². The first-order valence-electron chi connectivity index (χ1n) is 5.43. The first-order chi connectivity index (χ1) is 8.04. The van der Waals surface area contributed by atoms with Crippen LogP contribution in [0.2, 0.25) is 5.02 Å². The summed E-state index contributed by atoms with van der Waals surface area (Å²) in [6.45, 7) is 4.21. The molecule has 1 unspecified atom stereocenters. The lowest BCUT2D eigenvalue weighted by molar-refractivity contribution is 0.732. The van der Waals surface area contributed by atoms with Crippen molar-refractivity contribution in [3.05, 3.63) is 34.9 Å². The van der Waals surface area contributed by atoms with Gasteiger partial charge in [-0.05, 0) is 36.3 Å². The highest BCUT2D eigenvalue weighted by Gasteiger charge is 2.11. The van der Waals surface area contributed by atoms with Crippen molar-refractivity contribution in [3.63, 3.8) is 0 Å². The lowest BCUT2D eigenvalue weighted by atomic mass is 9.96. The standard InChI is InChI=1S/C12H16ClN3S/c1-3-8(2)11(15-16-12(14)17)9-4-6-10(13)7-5-9/h4-8H,3H2,1-2H3,(H3,14,16,17). The van der Waals surface area contributed by atoms with Crippen molar-refractivity contribution in [2.24, 2.45) is 16.8 Å². The third kappa shape index (κ3) is 4.32. The summed E-state index contributed by atoms with van der Waals surface area (Å²) in [6, 6.07) is 7.56. The molecule has 0 saturated carbocycles. The Bertz CT molecular complexity index is 414. The second kappa shape index (κ2) is 6.57. The van der Waals surface area contributed by atoms with Gasteiger partial charge in [0.1, 0.15) is 0 Å². The van der Waals surface area contributed by atoms with E-state index in [1.165, 1.54) is 0 Å². The number of nitrogens with zero attached hydrogens (tertiary/aromatic N) is 1. The molecule has 0 saturated heterocycles. The minimum absolute atomic E-state index is 0.166. The van der Waals surface area contributed by atoms with Crippen LogP contribution < -0.4 is 11.2 Å². The minimum atomic E-state index is 0.166. The van der Waals surface area contributed by atoms with Crippen molar-refractivity contribution < 1.29 is 0 Å². The Morgan fingerprint density at radius 3 is 2.53 bits per heavy atom. The number of hydrogen-bond acceptors (Lipinski definition) is 2. The van der Waals surface area contributed by atoms with E-state index in [-0.39, 0.29) is 5.11 Å². The SMILES string of the molecule is CCC(C)C(=NNC(N)=S)c1ccc(Cl)cc1. The molecule has 1 atom stereocenters. The Morgan fingerprint density at radius 1 is 1.47 bits per heavy atom. The predicted molar refractivity (Wildman–Crippen MR) is 77.4 cm³/mol. The molecule has 0 bridgehead atoms. The van der Waals surface area contributed by atoms with E-state index in [0.29, 0.717) is 10.9 Å². The van der Waals surface area contributed by atoms with Crippen LogP contribution in [0, 0.1) is 5.92 Å². The summed E-state index contributed by atoms with van der Waals surface area (Å²) >= 11 is 10.6. The Balaban J connectivity index is 3.01. The minimum Gasteiger partial charge on any atom is -0.375 e. The van der Waals surface area contributed by atoms with Crippen molar-refractivity contribution in [3.8, 4) is 0 Å². The summed E-state index contributed by atoms with van der Waals surface area (Å²) in [5.74, 6) is 0.318. The fourth-order valence-corrected chi connectivity index (χ4v) is 1.56. The van der Waals surface area contributed by atoms with E-state index in [0.717, 1.165) is 17.7 Å². The van der Waals surface area contributed by atoms with Gasteiger partial charge in [-0.3, -0.25) is 5.43 Å². The highest BCUT2D eigenvalue weighted by molar-refractivity contribution is 7.80. The van der Waals surface area contributed by atoms with E-state index in [9.17, 15) is 0 Å². The van der Waals surface area contributed by atoms with Crippen molar-refractivity contribution in [2.75, 3.05) is 0 Å². The number of thiocarbonyl (C=S) groups is 1. The van der Waals surface area contributed by atoms with Crippen molar-refractivity contribution in [1.29, 1.82) is 0 Å². The fraction of sp³-hybridized carbons (Fsp3) is 0.333. The molecule has 0 heterocycles. The van der Waals surface area contributed by atoms with Gasteiger partial charge in [0, 0.05) is 10.9 Å². The highest BCUT2D eigenvalue weighted by Crippen LogP contribution is 2.15. The number of rotatable bonds is 4. The largest absolute Gasteiger partial charge is 0.375 e. The van der Waals surface area contributed by atoms with Crippen LogP contribution in [0.25, 0.3) is 0 Å². The Kier molecular flexibility index (Phi) is 5.38. The number of hydrazone groups is 1. The number of halogens is 1. The smallest absolute Gasteiger partial charge is 0.184 e. The number of nitrogens with two attached hydrogens (primary N) is 1. The molecule has 0 aliphatic carbocycles. The maximum atomic E-state index is 5.86. The van der Waals surface area contributed by atoms with Crippen LogP contribution >= 0.6 is 23.8 Å². The summed E-state index contributed by atoms with van der Waals surface area (Å²) < 4.78 is 0. The molecule has 92 valence electrons. The zero-order valence-corrected chi connectivity index (χ0v) is 11.5. The second-order valence-corrected chi connectivity index (χ2v) is 4.67. The third-order valence-corrected chi connectivity index (χ3v) is 2.85. The molecular weight excluding hydrogens is 254 g/mol. The molecule has 0 aromatic heterocycles. The first-order valence-corrected chi connectivity index (χ1v) is 6.22. The van der Waals surface area contributed by atoms with E-state index in [1.807, 2.05) is 24.3 Å². The molecule has 0 fully saturated rings. The fourth-order valence-electron chi connectivity index (χ4n) is 1.39. The van der Waals surface area contributed by atoms with Crippen LogP contribution in [0.15, 0.2) is 29.4 Å². The average molecular weight is 270 g/mol. The summed E-state index contributed by atoms with van der Waals surface area (Å²) in [4.78, 5) is 0. The monoisotopic (exact) mass is 269 g/mol. The van der Waals surface area contributed by atoms with Crippen LogP contribution in [0.4, 0.5) is 0 Å². The number of nitrogens with one attached hydrogen (secondary N) is 1. The zero-order chi connectivity index (χ0) is 12.8. The van der Waals surface area contributed by atoms with Gasteiger partial charge in [-0.25, -0.2) is 0 Å². The van der Waals surface area contributed by atoms with Gasteiger partial charge < -0.3 is 5.73 Å². The normalized spacial score (nSPS) is 13.2. The topological polar surface area (TPSA) is 50.4 Å². The molecule has 5 heteroatoms. The van der Waals surface area contributed by atoms with Gasteiger partial charge in [0.05, 0.1) is 5.71 Å². The summed E-state index contributed by atoms with van der Waals surface area (Å²) in [6.07, 6.45) is 0.987. The van der Waals surface area contributed by atoms with Gasteiger partial charge in [0.2, 0.25) is 0 Å². The summed E-state index contributed by atoms with van der Waals surface area (Å²) in [7, 11) is 0. The Labute approximate surface area is 112 Å². The lowest BCUT2D eigenvalue weighted by Crippen LogP contribution is -2.27. The molecule has 1 aromatic rings. The van der Waals surface area contributed by atoms with E-state index in [2.05, 4.69) is 24.4 Å². The molecule has 3 nitrogen and oxygen atoms in total. The summed E-state index contributed by atoms with van der Waals surface area (Å²) in [5.41, 5.74) is 9.96. The third-order valence-electron chi connectivity index (χ3n) is 2.51. The van der Waals surface area contributed by atoms with E-state index in [1.54, 1.807) is 0 Å². The predicted octanol–water partition coefficient (Wildman–Crippen LogP) is 2.92. The van der Waals surface area contributed by atoms with Crippen LogP contribution in [-0.4, -0.2) is 10.8 Å². The van der Waals surface area contributed by atoms with Crippen molar-refractivity contribution in [1.82, 2.24) is 5.43 Å².